The Morgan fingerprint density at radius 2 is 2.12 bits per heavy atom. The van der Waals surface area contributed by atoms with E-state index in [0.717, 1.165) is 11.3 Å². The third-order valence-corrected chi connectivity index (χ3v) is 6.21. The maximum absolute atomic E-state index is 12.1. The lowest BCUT2D eigenvalue weighted by atomic mass is 10.1. The summed E-state index contributed by atoms with van der Waals surface area (Å²) in [6.07, 6.45) is 4.10. The van der Waals surface area contributed by atoms with Crippen LogP contribution in [-0.2, 0) is 14.8 Å². The van der Waals surface area contributed by atoms with Crippen molar-refractivity contribution in [3.05, 3.63) is 41.7 Å². The van der Waals surface area contributed by atoms with Crippen LogP contribution >= 0.6 is 0 Å². The van der Waals surface area contributed by atoms with E-state index in [4.69, 9.17) is 0 Å². The summed E-state index contributed by atoms with van der Waals surface area (Å²) < 4.78 is 26.6. The summed E-state index contributed by atoms with van der Waals surface area (Å²) in [6.45, 7) is 4.77. The van der Waals surface area contributed by atoms with Gasteiger partial charge in [0, 0.05) is 19.5 Å². The van der Waals surface area contributed by atoms with Gasteiger partial charge in [-0.1, -0.05) is 17.7 Å². The molecule has 25 heavy (non-hydrogen) atoms. The standard InChI is InChI=1S/C17H22N4O3S/c1-13-4-5-16(14(2)10-13)21-12-15(11-18-21)19-17(22)6-8-20-7-3-9-25(20,23)24/h4-5,10-12H,3,6-9H2,1-2H3,(H,19,22). The molecule has 1 aliphatic rings. The average molecular weight is 362 g/mol. The van der Waals surface area contributed by atoms with Crippen molar-refractivity contribution in [2.75, 3.05) is 24.2 Å². The van der Waals surface area contributed by atoms with Crippen LogP contribution in [-0.4, -0.2) is 47.3 Å². The van der Waals surface area contributed by atoms with Gasteiger partial charge in [0.15, 0.2) is 0 Å². The number of aromatic nitrogens is 2. The Labute approximate surface area is 147 Å². The minimum Gasteiger partial charge on any atom is -0.323 e. The van der Waals surface area contributed by atoms with Gasteiger partial charge in [0.05, 0.1) is 29.5 Å². The molecule has 1 aromatic carbocycles. The molecule has 8 heteroatoms. The van der Waals surface area contributed by atoms with Crippen molar-refractivity contribution < 1.29 is 13.2 Å². The van der Waals surface area contributed by atoms with E-state index in [1.54, 1.807) is 17.1 Å². The molecule has 134 valence electrons. The van der Waals surface area contributed by atoms with E-state index in [2.05, 4.69) is 16.5 Å². The molecule has 1 amide bonds. The van der Waals surface area contributed by atoms with Crippen molar-refractivity contribution in [3.63, 3.8) is 0 Å². The molecule has 7 nitrogen and oxygen atoms in total. The lowest BCUT2D eigenvalue weighted by molar-refractivity contribution is -0.116. The van der Waals surface area contributed by atoms with Crippen molar-refractivity contribution in [1.82, 2.24) is 14.1 Å². The third-order valence-electron chi connectivity index (χ3n) is 4.26. The van der Waals surface area contributed by atoms with Gasteiger partial charge in [0.25, 0.3) is 0 Å². The molecule has 0 atom stereocenters. The summed E-state index contributed by atoms with van der Waals surface area (Å²) in [5.41, 5.74) is 3.82. The molecule has 1 aliphatic heterocycles. The third kappa shape index (κ3) is 4.08. The Morgan fingerprint density at radius 3 is 2.80 bits per heavy atom. The van der Waals surface area contributed by atoms with Gasteiger partial charge in [-0.25, -0.2) is 17.4 Å². The first-order valence-electron chi connectivity index (χ1n) is 8.25. The topological polar surface area (TPSA) is 84.3 Å². The number of nitrogens with zero attached hydrogens (tertiary/aromatic N) is 3. The van der Waals surface area contributed by atoms with Crippen LogP contribution in [0, 0.1) is 13.8 Å². The molecule has 2 heterocycles. The highest BCUT2D eigenvalue weighted by Crippen LogP contribution is 2.18. The van der Waals surface area contributed by atoms with E-state index >= 15 is 0 Å². The summed E-state index contributed by atoms with van der Waals surface area (Å²) in [4.78, 5) is 12.1. The molecule has 0 unspecified atom stereocenters. The summed E-state index contributed by atoms with van der Waals surface area (Å²) >= 11 is 0. The average Bonchev–Trinajstić information content (AvgIpc) is 3.11. The van der Waals surface area contributed by atoms with E-state index in [9.17, 15) is 13.2 Å². The van der Waals surface area contributed by atoms with Crippen LogP contribution in [0.25, 0.3) is 5.69 Å². The number of carbonyl (C=O) groups is 1. The summed E-state index contributed by atoms with van der Waals surface area (Å²) in [5, 5.41) is 7.06. The van der Waals surface area contributed by atoms with Crippen LogP contribution in [0.1, 0.15) is 24.0 Å². The van der Waals surface area contributed by atoms with Crippen molar-refractivity contribution in [2.45, 2.75) is 26.7 Å². The first-order valence-corrected chi connectivity index (χ1v) is 9.86. The highest BCUT2D eigenvalue weighted by molar-refractivity contribution is 7.89. The van der Waals surface area contributed by atoms with E-state index < -0.39 is 10.0 Å². The predicted octanol–water partition coefficient (Wildman–Crippen LogP) is 1.85. The fraction of sp³-hybridized carbons (Fsp3) is 0.412. The lowest BCUT2D eigenvalue weighted by Crippen LogP contribution is -2.29. The van der Waals surface area contributed by atoms with Gasteiger partial charge in [-0.15, -0.1) is 0 Å². The number of nitrogens with one attached hydrogen (secondary N) is 1. The zero-order valence-corrected chi connectivity index (χ0v) is 15.2. The van der Waals surface area contributed by atoms with Crippen LogP contribution in [0.2, 0.25) is 0 Å². The quantitative estimate of drug-likeness (QED) is 0.880. The van der Waals surface area contributed by atoms with Gasteiger partial charge in [-0.05, 0) is 31.9 Å². The first kappa shape index (κ1) is 17.6. The van der Waals surface area contributed by atoms with Gasteiger partial charge in [0.2, 0.25) is 15.9 Å². The van der Waals surface area contributed by atoms with Gasteiger partial charge < -0.3 is 5.32 Å². The molecule has 3 rings (SSSR count). The molecule has 0 saturated carbocycles. The van der Waals surface area contributed by atoms with E-state index in [-0.39, 0.29) is 24.6 Å². The number of amides is 1. The molecule has 0 spiro atoms. The first-order chi connectivity index (χ1) is 11.8. The molecule has 2 aromatic rings. The summed E-state index contributed by atoms with van der Waals surface area (Å²) in [5.74, 6) is -0.0422. The van der Waals surface area contributed by atoms with Crippen LogP contribution in [0.3, 0.4) is 0 Å². The van der Waals surface area contributed by atoms with Crippen LogP contribution in [0.4, 0.5) is 5.69 Å². The number of hydrogen-bond donors (Lipinski definition) is 1. The van der Waals surface area contributed by atoms with E-state index in [1.165, 1.54) is 9.87 Å². The molecule has 1 N–H and O–H groups in total. The summed E-state index contributed by atoms with van der Waals surface area (Å²) in [6, 6.07) is 6.08. The Morgan fingerprint density at radius 1 is 1.32 bits per heavy atom. The van der Waals surface area contributed by atoms with Gasteiger partial charge in [0.1, 0.15) is 0 Å². The van der Waals surface area contributed by atoms with Gasteiger partial charge in [-0.3, -0.25) is 4.79 Å². The fourth-order valence-electron chi connectivity index (χ4n) is 2.97. The van der Waals surface area contributed by atoms with Gasteiger partial charge >= 0.3 is 0 Å². The molecule has 1 saturated heterocycles. The Kier molecular flexibility index (Phi) is 4.91. The zero-order chi connectivity index (χ0) is 18.0. The predicted molar refractivity (Wildman–Crippen MR) is 96.3 cm³/mol. The van der Waals surface area contributed by atoms with Crippen LogP contribution < -0.4 is 5.32 Å². The normalized spacial score (nSPS) is 16.9. The number of benzene rings is 1. The largest absolute Gasteiger partial charge is 0.323 e. The van der Waals surface area contributed by atoms with Gasteiger partial charge in [-0.2, -0.15) is 5.10 Å². The second kappa shape index (κ2) is 6.97. The maximum atomic E-state index is 12.1. The van der Waals surface area contributed by atoms with Crippen molar-refractivity contribution >= 4 is 21.6 Å². The van der Waals surface area contributed by atoms with E-state index in [0.29, 0.717) is 18.7 Å². The SMILES string of the molecule is Cc1ccc(-n2cc(NC(=O)CCN3CCCS3(=O)=O)cn2)c(C)c1. The fourth-order valence-corrected chi connectivity index (χ4v) is 4.50. The number of aryl methyl sites for hydroxylation is 2. The monoisotopic (exact) mass is 362 g/mol. The molecular weight excluding hydrogens is 340 g/mol. The molecule has 0 bridgehead atoms. The molecule has 1 aromatic heterocycles. The minimum atomic E-state index is -3.16. The minimum absolute atomic E-state index is 0.133. The lowest BCUT2D eigenvalue weighted by Gasteiger charge is -2.13. The Bertz CT molecular complexity index is 889. The number of hydrogen-bond acceptors (Lipinski definition) is 4. The Balaban J connectivity index is 1.60. The molecular formula is C17H22N4O3S. The highest BCUT2D eigenvalue weighted by atomic mass is 32.2. The van der Waals surface area contributed by atoms with Crippen LogP contribution in [0.5, 0.6) is 0 Å². The van der Waals surface area contributed by atoms with E-state index in [1.807, 2.05) is 26.0 Å². The highest BCUT2D eigenvalue weighted by Gasteiger charge is 2.28. The number of anilines is 1. The zero-order valence-electron chi connectivity index (χ0n) is 14.4. The molecule has 0 radical (unpaired) electrons. The number of sulfonamides is 1. The Hall–Kier alpha value is -2.19. The second-order valence-electron chi connectivity index (χ2n) is 6.33. The van der Waals surface area contributed by atoms with Crippen molar-refractivity contribution in [1.29, 1.82) is 0 Å². The summed E-state index contributed by atoms with van der Waals surface area (Å²) in [7, 11) is -3.16. The smallest absolute Gasteiger partial charge is 0.225 e. The number of carbonyl (C=O) groups excluding carboxylic acids is 1. The number of rotatable bonds is 5. The molecule has 0 aliphatic carbocycles. The maximum Gasteiger partial charge on any atom is 0.225 e. The van der Waals surface area contributed by atoms with Crippen molar-refractivity contribution in [2.24, 2.45) is 0 Å². The molecule has 1 fully saturated rings. The van der Waals surface area contributed by atoms with Crippen LogP contribution in [0.15, 0.2) is 30.6 Å². The van der Waals surface area contributed by atoms with Crippen molar-refractivity contribution in [3.8, 4) is 5.69 Å². The second-order valence-corrected chi connectivity index (χ2v) is 8.42.